The van der Waals surface area contributed by atoms with E-state index in [9.17, 15) is 4.79 Å². The molecule has 0 bridgehead atoms. The molecule has 4 heterocycles. The van der Waals surface area contributed by atoms with Crippen LogP contribution in [-0.4, -0.2) is 54.8 Å². The molecule has 1 aliphatic heterocycles. The fourth-order valence-corrected chi connectivity index (χ4v) is 4.25. The minimum atomic E-state index is -0.334. The summed E-state index contributed by atoms with van der Waals surface area (Å²) in [6.07, 6.45) is 3.23. The average Bonchev–Trinajstić information content (AvgIpc) is 3.13. The number of aryl methyl sites for hydroxylation is 1. The number of para-hydroxylation sites is 1. The SMILES string of the molecule is CC(C)N1c2nc(Nc3nccc(Nc4nn(C)c5ccccc45)n3)cnc2N(C)C(=O)[C@H]1C. The minimum Gasteiger partial charge on any atom is -0.339 e. The number of carbonyl (C=O) groups is 1. The van der Waals surface area contributed by atoms with Crippen LogP contribution in [0.25, 0.3) is 10.9 Å². The van der Waals surface area contributed by atoms with E-state index in [2.05, 4.69) is 30.7 Å². The summed E-state index contributed by atoms with van der Waals surface area (Å²) in [5.74, 6) is 3.31. The van der Waals surface area contributed by atoms with Crippen molar-refractivity contribution in [2.75, 3.05) is 27.5 Å². The summed E-state index contributed by atoms with van der Waals surface area (Å²) in [5.41, 5.74) is 1.02. The maximum absolute atomic E-state index is 12.6. The maximum atomic E-state index is 12.6. The summed E-state index contributed by atoms with van der Waals surface area (Å²) in [7, 11) is 3.62. The van der Waals surface area contributed by atoms with Gasteiger partial charge in [0, 0.05) is 31.7 Å². The van der Waals surface area contributed by atoms with Crippen molar-refractivity contribution in [3.63, 3.8) is 0 Å². The van der Waals surface area contributed by atoms with Crippen molar-refractivity contribution in [3.05, 3.63) is 42.7 Å². The number of amides is 1. The van der Waals surface area contributed by atoms with Gasteiger partial charge in [-0.3, -0.25) is 14.4 Å². The number of benzene rings is 1. The minimum absolute atomic E-state index is 0.0136. The Morgan fingerprint density at radius 3 is 2.56 bits per heavy atom. The second-order valence-corrected chi connectivity index (χ2v) is 8.48. The third-order valence-corrected chi connectivity index (χ3v) is 5.86. The molecule has 0 saturated heterocycles. The zero-order chi connectivity index (χ0) is 24.0. The maximum Gasteiger partial charge on any atom is 0.250 e. The van der Waals surface area contributed by atoms with Crippen LogP contribution in [0.15, 0.2) is 42.7 Å². The first-order valence-corrected chi connectivity index (χ1v) is 11.0. The molecule has 0 radical (unpaired) electrons. The quantitative estimate of drug-likeness (QED) is 0.465. The summed E-state index contributed by atoms with van der Waals surface area (Å²) in [6, 6.07) is 9.50. The van der Waals surface area contributed by atoms with E-state index in [1.807, 2.05) is 61.7 Å². The van der Waals surface area contributed by atoms with E-state index in [1.54, 1.807) is 30.4 Å². The van der Waals surface area contributed by atoms with Crippen LogP contribution in [0.3, 0.4) is 0 Å². The number of hydrogen-bond acceptors (Lipinski definition) is 9. The van der Waals surface area contributed by atoms with Gasteiger partial charge < -0.3 is 15.5 Å². The first-order valence-electron chi connectivity index (χ1n) is 11.0. The molecule has 0 aliphatic carbocycles. The Labute approximate surface area is 196 Å². The molecular formula is C23H26N10O. The lowest BCUT2D eigenvalue weighted by Gasteiger charge is -2.40. The number of rotatable bonds is 5. The normalized spacial score (nSPS) is 15.7. The summed E-state index contributed by atoms with van der Waals surface area (Å²) in [4.78, 5) is 34.3. The number of nitrogens with zero attached hydrogens (tertiary/aromatic N) is 8. The lowest BCUT2D eigenvalue weighted by molar-refractivity contribution is -0.119. The molecule has 1 aromatic carbocycles. The number of fused-ring (bicyclic) bond motifs is 2. The van der Waals surface area contributed by atoms with Gasteiger partial charge in [-0.1, -0.05) is 12.1 Å². The largest absolute Gasteiger partial charge is 0.339 e. The van der Waals surface area contributed by atoms with Gasteiger partial charge in [-0.15, -0.1) is 0 Å². The molecule has 4 aromatic rings. The molecule has 0 spiro atoms. The van der Waals surface area contributed by atoms with Crippen LogP contribution in [0.5, 0.6) is 0 Å². The lowest BCUT2D eigenvalue weighted by atomic mass is 10.1. The van der Waals surface area contributed by atoms with E-state index < -0.39 is 0 Å². The molecule has 11 nitrogen and oxygen atoms in total. The fourth-order valence-electron chi connectivity index (χ4n) is 4.25. The van der Waals surface area contributed by atoms with E-state index >= 15 is 0 Å². The van der Waals surface area contributed by atoms with Gasteiger partial charge in [0.15, 0.2) is 23.3 Å². The second-order valence-electron chi connectivity index (χ2n) is 8.48. The Bertz CT molecular complexity index is 1380. The van der Waals surface area contributed by atoms with Crippen molar-refractivity contribution >= 4 is 51.8 Å². The van der Waals surface area contributed by atoms with Crippen molar-refractivity contribution in [3.8, 4) is 0 Å². The van der Waals surface area contributed by atoms with E-state index in [1.165, 1.54) is 0 Å². The van der Waals surface area contributed by atoms with Gasteiger partial charge in [-0.05, 0) is 39.0 Å². The summed E-state index contributed by atoms with van der Waals surface area (Å²) >= 11 is 0. The third kappa shape index (κ3) is 3.64. The van der Waals surface area contributed by atoms with Gasteiger partial charge in [-0.2, -0.15) is 10.1 Å². The lowest BCUT2D eigenvalue weighted by Crippen LogP contribution is -2.54. The molecule has 11 heteroatoms. The predicted molar refractivity (Wildman–Crippen MR) is 132 cm³/mol. The fraction of sp³-hybridized carbons (Fsp3) is 0.304. The average molecular weight is 459 g/mol. The molecule has 0 unspecified atom stereocenters. The molecule has 0 saturated carbocycles. The van der Waals surface area contributed by atoms with Crippen molar-refractivity contribution < 1.29 is 4.79 Å². The first kappa shape index (κ1) is 21.6. The standard InChI is InChI=1S/C23H26N10O/c1-13(2)33-14(3)22(34)31(4)20-21(33)27-18(12-25-20)29-23-24-11-10-17(28-23)26-19-15-8-6-7-9-16(15)32(5)30-19/h6-14H,1-5H3,(H2,24,26,27,28,29,30)/t14-/m1/s1. The first-order chi connectivity index (χ1) is 16.3. The van der Waals surface area contributed by atoms with E-state index in [0.29, 0.717) is 35.0 Å². The molecule has 3 aromatic heterocycles. The van der Waals surface area contributed by atoms with E-state index in [0.717, 1.165) is 10.9 Å². The molecule has 0 fully saturated rings. The zero-order valence-corrected chi connectivity index (χ0v) is 19.7. The molecule has 174 valence electrons. The summed E-state index contributed by atoms with van der Waals surface area (Å²) < 4.78 is 1.82. The molecule has 1 atom stereocenters. The Morgan fingerprint density at radius 1 is 0.971 bits per heavy atom. The van der Waals surface area contributed by atoms with Crippen LogP contribution in [0.4, 0.5) is 35.0 Å². The van der Waals surface area contributed by atoms with Crippen molar-refractivity contribution in [1.29, 1.82) is 0 Å². The van der Waals surface area contributed by atoms with Crippen molar-refractivity contribution in [2.24, 2.45) is 7.05 Å². The van der Waals surface area contributed by atoms with Crippen LogP contribution >= 0.6 is 0 Å². The van der Waals surface area contributed by atoms with Crippen LogP contribution < -0.4 is 20.4 Å². The van der Waals surface area contributed by atoms with Gasteiger partial charge in [-0.25, -0.2) is 15.0 Å². The van der Waals surface area contributed by atoms with Crippen molar-refractivity contribution in [2.45, 2.75) is 32.9 Å². The highest BCUT2D eigenvalue weighted by Gasteiger charge is 2.37. The van der Waals surface area contributed by atoms with Crippen LogP contribution in [0.2, 0.25) is 0 Å². The Kier molecular flexibility index (Phi) is 5.23. The van der Waals surface area contributed by atoms with Gasteiger partial charge in [0.2, 0.25) is 11.9 Å². The number of anilines is 6. The molecule has 5 rings (SSSR count). The van der Waals surface area contributed by atoms with Gasteiger partial charge >= 0.3 is 0 Å². The Balaban J connectivity index is 1.43. The van der Waals surface area contributed by atoms with Gasteiger partial charge in [0.25, 0.3) is 0 Å². The second kappa shape index (κ2) is 8.25. The predicted octanol–water partition coefficient (Wildman–Crippen LogP) is 3.22. The monoisotopic (exact) mass is 458 g/mol. The van der Waals surface area contributed by atoms with Crippen LogP contribution in [0.1, 0.15) is 20.8 Å². The van der Waals surface area contributed by atoms with E-state index in [4.69, 9.17) is 4.98 Å². The molecule has 34 heavy (non-hydrogen) atoms. The zero-order valence-electron chi connectivity index (χ0n) is 19.7. The topological polar surface area (TPSA) is 117 Å². The molecule has 2 N–H and O–H groups in total. The number of hydrogen-bond donors (Lipinski definition) is 2. The molecular weight excluding hydrogens is 432 g/mol. The van der Waals surface area contributed by atoms with Crippen LogP contribution in [-0.2, 0) is 11.8 Å². The van der Waals surface area contributed by atoms with Gasteiger partial charge in [0.05, 0.1) is 11.7 Å². The Hall–Kier alpha value is -4.28. The number of likely N-dealkylation sites (N-methyl/N-ethyl adjacent to an activating group) is 1. The van der Waals surface area contributed by atoms with Crippen molar-refractivity contribution in [1.82, 2.24) is 29.7 Å². The molecule has 1 amide bonds. The molecule has 1 aliphatic rings. The van der Waals surface area contributed by atoms with Gasteiger partial charge in [0.1, 0.15) is 11.9 Å². The highest BCUT2D eigenvalue weighted by atomic mass is 16.2. The number of nitrogens with one attached hydrogen (secondary N) is 2. The smallest absolute Gasteiger partial charge is 0.250 e. The third-order valence-electron chi connectivity index (χ3n) is 5.86. The van der Waals surface area contributed by atoms with Crippen LogP contribution in [0, 0.1) is 0 Å². The number of carbonyl (C=O) groups excluding carboxylic acids is 1. The summed E-state index contributed by atoms with van der Waals surface area (Å²) in [6.45, 7) is 5.93. The van der Waals surface area contributed by atoms with E-state index in [-0.39, 0.29) is 18.0 Å². The summed E-state index contributed by atoms with van der Waals surface area (Å²) in [5, 5.41) is 12.0. The highest BCUT2D eigenvalue weighted by Crippen LogP contribution is 2.34. The Morgan fingerprint density at radius 2 is 1.76 bits per heavy atom. The highest BCUT2D eigenvalue weighted by molar-refractivity contribution is 6.03. The number of aromatic nitrogens is 6.